The second-order valence-corrected chi connectivity index (χ2v) is 10.3. The predicted octanol–water partition coefficient (Wildman–Crippen LogP) is 2.04. The van der Waals surface area contributed by atoms with Gasteiger partial charge in [0.1, 0.15) is 0 Å². The van der Waals surface area contributed by atoms with Gasteiger partial charge in [0.25, 0.3) is 5.91 Å². The van der Waals surface area contributed by atoms with E-state index in [1.165, 1.54) is 23.4 Å². The smallest absolute Gasteiger partial charge is 0.251 e. The first-order valence-electron chi connectivity index (χ1n) is 11.2. The number of nitrogens with zero attached hydrogens (tertiary/aromatic N) is 1. The van der Waals surface area contributed by atoms with Crippen LogP contribution in [0.25, 0.3) is 0 Å². The van der Waals surface area contributed by atoms with Crippen molar-refractivity contribution < 1.29 is 22.8 Å². The van der Waals surface area contributed by atoms with E-state index in [9.17, 15) is 22.8 Å². The molecule has 0 saturated carbocycles. The third-order valence-corrected chi connectivity index (χ3v) is 7.46. The van der Waals surface area contributed by atoms with Crippen molar-refractivity contribution in [2.24, 2.45) is 0 Å². The first kappa shape index (κ1) is 25.4. The number of nitrogens with one attached hydrogen (secondary N) is 3. The zero-order valence-corrected chi connectivity index (χ0v) is 20.2. The van der Waals surface area contributed by atoms with Crippen LogP contribution in [0.15, 0.2) is 53.4 Å². The van der Waals surface area contributed by atoms with Crippen LogP contribution in [0.5, 0.6) is 0 Å². The molecule has 9 nitrogen and oxygen atoms in total. The van der Waals surface area contributed by atoms with Crippen molar-refractivity contribution in [2.75, 3.05) is 25.0 Å². The van der Waals surface area contributed by atoms with E-state index < -0.39 is 10.0 Å². The van der Waals surface area contributed by atoms with Gasteiger partial charge in [0, 0.05) is 50.3 Å². The molecule has 0 aromatic heterocycles. The maximum atomic E-state index is 12.9. The van der Waals surface area contributed by atoms with Crippen LogP contribution in [0.4, 0.5) is 5.69 Å². The van der Waals surface area contributed by atoms with Gasteiger partial charge in [0.15, 0.2) is 0 Å². The number of carbonyl (C=O) groups excluding carboxylic acids is 3. The Balaban J connectivity index is 1.43. The Hall–Kier alpha value is -3.24. The standard InChI is InChI=1S/C24H30N4O5S/c1-17-4-3-5-19(16-17)24(31)25-13-10-23(30)27-21-11-14-28(15-12-21)34(32,33)22-8-6-20(7-9-22)26-18(2)29/h3-9,16,21H,10-15H2,1-2H3,(H,25,31)(H,26,29)(H,27,30). The molecule has 10 heteroatoms. The van der Waals surface area contributed by atoms with E-state index in [1.807, 2.05) is 19.1 Å². The van der Waals surface area contributed by atoms with Gasteiger partial charge in [-0.15, -0.1) is 0 Å². The molecule has 3 rings (SSSR count). The van der Waals surface area contributed by atoms with Gasteiger partial charge in [0.2, 0.25) is 21.8 Å². The van der Waals surface area contributed by atoms with Crippen LogP contribution in [-0.2, 0) is 19.6 Å². The number of hydrogen-bond donors (Lipinski definition) is 3. The molecule has 1 aliphatic heterocycles. The number of hydrogen-bond acceptors (Lipinski definition) is 5. The molecular weight excluding hydrogens is 456 g/mol. The zero-order chi connectivity index (χ0) is 24.7. The topological polar surface area (TPSA) is 125 Å². The van der Waals surface area contributed by atoms with Crippen LogP contribution in [0.2, 0.25) is 0 Å². The first-order chi connectivity index (χ1) is 16.1. The van der Waals surface area contributed by atoms with Crippen LogP contribution in [0, 0.1) is 6.92 Å². The highest BCUT2D eigenvalue weighted by Crippen LogP contribution is 2.22. The summed E-state index contributed by atoms with van der Waals surface area (Å²) >= 11 is 0. The highest BCUT2D eigenvalue weighted by Gasteiger charge is 2.29. The molecule has 0 bridgehead atoms. The minimum absolute atomic E-state index is 0.117. The molecule has 3 N–H and O–H groups in total. The molecule has 1 aliphatic rings. The van der Waals surface area contributed by atoms with E-state index >= 15 is 0 Å². The van der Waals surface area contributed by atoms with Crippen molar-refractivity contribution in [1.29, 1.82) is 0 Å². The minimum atomic E-state index is -3.65. The molecular formula is C24H30N4O5S. The average Bonchev–Trinajstić information content (AvgIpc) is 2.79. The maximum Gasteiger partial charge on any atom is 0.251 e. The molecule has 0 aliphatic carbocycles. The lowest BCUT2D eigenvalue weighted by molar-refractivity contribution is -0.122. The number of benzene rings is 2. The van der Waals surface area contributed by atoms with E-state index in [0.717, 1.165) is 5.56 Å². The molecule has 2 aromatic rings. The second-order valence-electron chi connectivity index (χ2n) is 8.33. The number of anilines is 1. The Bertz CT molecular complexity index is 1140. The summed E-state index contributed by atoms with van der Waals surface area (Å²) in [5.74, 6) is -0.632. The number of amides is 3. The Kier molecular flexibility index (Phi) is 8.41. The van der Waals surface area contributed by atoms with Crippen molar-refractivity contribution in [3.05, 3.63) is 59.7 Å². The van der Waals surface area contributed by atoms with Crippen LogP contribution in [0.1, 0.15) is 42.1 Å². The van der Waals surface area contributed by atoms with Gasteiger partial charge in [0.05, 0.1) is 4.90 Å². The van der Waals surface area contributed by atoms with Crippen molar-refractivity contribution in [3.63, 3.8) is 0 Å². The number of rotatable bonds is 8. The lowest BCUT2D eigenvalue weighted by Crippen LogP contribution is -2.46. The molecule has 182 valence electrons. The summed E-state index contributed by atoms with van der Waals surface area (Å²) in [7, 11) is -3.65. The van der Waals surface area contributed by atoms with Gasteiger partial charge in [-0.2, -0.15) is 4.31 Å². The van der Waals surface area contributed by atoms with E-state index in [-0.39, 0.29) is 41.6 Å². The van der Waals surface area contributed by atoms with E-state index in [0.29, 0.717) is 37.2 Å². The lowest BCUT2D eigenvalue weighted by atomic mass is 10.1. The number of carbonyl (C=O) groups is 3. The number of piperidine rings is 1. The normalized spacial score (nSPS) is 14.9. The summed E-state index contributed by atoms with van der Waals surface area (Å²) in [5.41, 5.74) is 2.07. The number of sulfonamides is 1. The highest BCUT2D eigenvalue weighted by molar-refractivity contribution is 7.89. The molecule has 0 unspecified atom stereocenters. The van der Waals surface area contributed by atoms with Crippen molar-refractivity contribution in [3.8, 4) is 0 Å². The van der Waals surface area contributed by atoms with Gasteiger partial charge in [-0.25, -0.2) is 8.42 Å². The number of aryl methyl sites for hydroxylation is 1. The van der Waals surface area contributed by atoms with E-state index in [1.54, 1.807) is 24.3 Å². The summed E-state index contributed by atoms with van der Waals surface area (Å²) < 4.78 is 27.2. The van der Waals surface area contributed by atoms with Crippen LogP contribution < -0.4 is 16.0 Å². The van der Waals surface area contributed by atoms with E-state index in [2.05, 4.69) is 16.0 Å². The van der Waals surface area contributed by atoms with Crippen LogP contribution >= 0.6 is 0 Å². The first-order valence-corrected chi connectivity index (χ1v) is 12.6. The molecule has 34 heavy (non-hydrogen) atoms. The van der Waals surface area contributed by atoms with Gasteiger partial charge < -0.3 is 16.0 Å². The maximum absolute atomic E-state index is 12.9. The third-order valence-electron chi connectivity index (χ3n) is 5.55. The Labute approximate surface area is 200 Å². The van der Waals surface area contributed by atoms with Gasteiger partial charge in [-0.3, -0.25) is 14.4 Å². The fourth-order valence-electron chi connectivity index (χ4n) is 3.78. The summed E-state index contributed by atoms with van der Waals surface area (Å²) in [6.07, 6.45) is 1.16. The summed E-state index contributed by atoms with van der Waals surface area (Å²) in [6.45, 7) is 4.11. The summed E-state index contributed by atoms with van der Waals surface area (Å²) in [6, 6.07) is 13.2. The van der Waals surface area contributed by atoms with Crippen molar-refractivity contribution in [1.82, 2.24) is 14.9 Å². The minimum Gasteiger partial charge on any atom is -0.353 e. The fraction of sp³-hybridized carbons (Fsp3) is 0.375. The molecule has 1 saturated heterocycles. The van der Waals surface area contributed by atoms with Gasteiger partial charge in [-0.05, 0) is 56.2 Å². The van der Waals surface area contributed by atoms with Crippen molar-refractivity contribution in [2.45, 2.75) is 44.0 Å². The quantitative estimate of drug-likeness (QED) is 0.527. The third kappa shape index (κ3) is 6.88. The van der Waals surface area contributed by atoms with Crippen molar-refractivity contribution >= 4 is 33.4 Å². The molecule has 0 spiro atoms. The SMILES string of the molecule is CC(=O)Nc1ccc(S(=O)(=O)N2CCC(NC(=O)CCNC(=O)c3cccc(C)c3)CC2)cc1. The zero-order valence-electron chi connectivity index (χ0n) is 19.3. The van der Waals surface area contributed by atoms with Gasteiger partial charge in [-0.1, -0.05) is 17.7 Å². The lowest BCUT2D eigenvalue weighted by Gasteiger charge is -2.31. The molecule has 2 aromatic carbocycles. The Morgan fingerprint density at radius 2 is 1.71 bits per heavy atom. The van der Waals surface area contributed by atoms with Crippen LogP contribution in [-0.4, -0.2) is 56.1 Å². The summed E-state index contributed by atoms with van der Waals surface area (Å²) in [5, 5.41) is 8.28. The molecule has 1 heterocycles. The monoisotopic (exact) mass is 486 g/mol. The Morgan fingerprint density at radius 1 is 1.03 bits per heavy atom. The second kappa shape index (κ2) is 11.3. The molecule has 0 radical (unpaired) electrons. The Morgan fingerprint density at radius 3 is 2.32 bits per heavy atom. The average molecular weight is 487 g/mol. The van der Waals surface area contributed by atoms with Crippen LogP contribution in [0.3, 0.4) is 0 Å². The molecule has 0 atom stereocenters. The van der Waals surface area contributed by atoms with E-state index in [4.69, 9.17) is 0 Å². The highest BCUT2D eigenvalue weighted by atomic mass is 32.2. The summed E-state index contributed by atoms with van der Waals surface area (Å²) in [4.78, 5) is 35.7. The largest absolute Gasteiger partial charge is 0.353 e. The van der Waals surface area contributed by atoms with Gasteiger partial charge >= 0.3 is 0 Å². The fourth-order valence-corrected chi connectivity index (χ4v) is 5.25. The molecule has 1 fully saturated rings. The predicted molar refractivity (Wildman–Crippen MR) is 129 cm³/mol. The molecule has 3 amide bonds.